The van der Waals surface area contributed by atoms with Gasteiger partial charge in [-0.05, 0) is 0 Å². The summed E-state index contributed by atoms with van der Waals surface area (Å²) < 4.78 is 0. The van der Waals surface area contributed by atoms with Crippen LogP contribution in [-0.4, -0.2) is 13.1 Å². The molecule has 4 heavy (non-hydrogen) atoms. The maximum absolute atomic E-state index is 3.84. The fraction of sp³-hybridized carbons (Fsp3) is 0. The molecule has 0 saturated heterocycles. The number of hydrogen-bond donors (Lipinski definition) is 3. The Hall–Kier alpha value is 1.20. The van der Waals surface area contributed by atoms with Crippen molar-refractivity contribution in [2.75, 3.05) is 0 Å². The third-order valence-corrected chi connectivity index (χ3v) is 0. The number of hydrogen-bond acceptors (Lipinski definition) is 3. The van der Waals surface area contributed by atoms with E-state index in [-0.39, 0.29) is 6.15 Å². The first-order valence-corrected chi connectivity index (χ1v) is 9.86. The maximum atomic E-state index is 3.84. The van der Waals surface area contributed by atoms with Crippen molar-refractivity contribution in [3.8, 4) is 0 Å². The molecule has 0 aliphatic heterocycles. The fourth-order valence-corrected chi connectivity index (χ4v) is 0. The monoisotopic (exact) mass is 159 g/mol. The molecular weight excluding hydrogens is 151 g/mol. The summed E-state index contributed by atoms with van der Waals surface area (Å²) in [6, 6.07) is 0. The Kier molecular flexibility index (Phi) is 19.9. The standard InChI is InChI=1S/GeH4S2.H3N/c2-1-3;/h2-3H,1H2;1H3. The predicted octanol–water partition coefficient (Wildman–Crippen LogP) is 0.00680. The van der Waals surface area contributed by atoms with Crippen molar-refractivity contribution >= 4 is 35.1 Å². The molecule has 0 aliphatic rings. The molecule has 0 amide bonds. The van der Waals surface area contributed by atoms with E-state index >= 15 is 0 Å². The van der Waals surface area contributed by atoms with Gasteiger partial charge >= 0.3 is 35.1 Å². The van der Waals surface area contributed by atoms with E-state index in [1.165, 1.54) is 0 Å². The summed E-state index contributed by atoms with van der Waals surface area (Å²) in [5.41, 5.74) is 0. The van der Waals surface area contributed by atoms with Gasteiger partial charge < -0.3 is 6.15 Å². The van der Waals surface area contributed by atoms with Crippen LogP contribution in [0.3, 0.4) is 0 Å². The van der Waals surface area contributed by atoms with Crippen LogP contribution in [0.2, 0.25) is 0 Å². The van der Waals surface area contributed by atoms with Crippen LogP contribution in [0.1, 0.15) is 0 Å². The number of thiol groups is 2. The quantitative estimate of drug-likeness (QED) is 0.336. The Morgan fingerprint density at radius 2 is 1.25 bits per heavy atom. The normalized spacial score (nSPS) is 4.50. The third-order valence-electron chi connectivity index (χ3n) is 0. The fourth-order valence-electron chi connectivity index (χ4n) is 0. The van der Waals surface area contributed by atoms with Crippen molar-refractivity contribution in [1.29, 1.82) is 0 Å². The van der Waals surface area contributed by atoms with Gasteiger partial charge in [0.05, 0.1) is 0 Å². The Bertz CT molecular complexity index is 6.00. The average Bonchev–Trinajstić information content (AvgIpc) is 0.918. The zero-order valence-electron chi connectivity index (χ0n) is 2.31. The first kappa shape index (κ1) is 8.96. The molecule has 0 aromatic rings. The molecule has 4 heteroatoms. The van der Waals surface area contributed by atoms with Crippen LogP contribution in [-0.2, 0) is 0 Å². The van der Waals surface area contributed by atoms with Crippen molar-refractivity contribution < 1.29 is 0 Å². The van der Waals surface area contributed by atoms with Crippen LogP contribution >= 0.6 is 21.9 Å². The van der Waals surface area contributed by atoms with Crippen LogP contribution in [0.5, 0.6) is 0 Å². The van der Waals surface area contributed by atoms with Crippen molar-refractivity contribution in [3.63, 3.8) is 0 Å². The summed E-state index contributed by atoms with van der Waals surface area (Å²) in [6.07, 6.45) is 0. The minimum atomic E-state index is -0.486. The van der Waals surface area contributed by atoms with Crippen molar-refractivity contribution in [2.24, 2.45) is 0 Å². The number of rotatable bonds is 0. The molecule has 0 aromatic heterocycles. The topological polar surface area (TPSA) is 35.0 Å². The summed E-state index contributed by atoms with van der Waals surface area (Å²) in [6.45, 7) is 0. The van der Waals surface area contributed by atoms with Gasteiger partial charge in [-0.3, -0.25) is 0 Å². The van der Waals surface area contributed by atoms with Gasteiger partial charge in [-0.1, -0.05) is 0 Å². The molecule has 0 unspecified atom stereocenters. The molecule has 0 aromatic carbocycles. The van der Waals surface area contributed by atoms with Crippen LogP contribution in [0.4, 0.5) is 0 Å². The third kappa shape index (κ3) is 10.7. The second kappa shape index (κ2) is 8.88. The van der Waals surface area contributed by atoms with Crippen LogP contribution in [0.15, 0.2) is 0 Å². The molecule has 28 valence electrons. The van der Waals surface area contributed by atoms with Gasteiger partial charge in [-0.15, -0.1) is 0 Å². The van der Waals surface area contributed by atoms with Crippen LogP contribution < -0.4 is 6.15 Å². The van der Waals surface area contributed by atoms with Crippen molar-refractivity contribution in [3.05, 3.63) is 0 Å². The van der Waals surface area contributed by atoms with Crippen molar-refractivity contribution in [1.82, 2.24) is 6.15 Å². The zero-order chi connectivity index (χ0) is 2.71. The van der Waals surface area contributed by atoms with Gasteiger partial charge in [-0.2, -0.15) is 0 Å². The zero-order valence-corrected chi connectivity index (χ0v) is 7.06. The van der Waals surface area contributed by atoms with E-state index < -0.39 is 13.1 Å². The van der Waals surface area contributed by atoms with E-state index in [1.807, 2.05) is 0 Å². The average molecular weight is 158 g/mol. The Morgan fingerprint density at radius 1 is 1.25 bits per heavy atom. The second-order valence-electron chi connectivity index (χ2n) is 0.141. The minimum absolute atomic E-state index is 0. The molecule has 0 saturated carbocycles. The second-order valence-corrected chi connectivity index (χ2v) is 6.61. The molecule has 0 radical (unpaired) electrons. The molecule has 0 rings (SSSR count). The molecule has 0 spiro atoms. The van der Waals surface area contributed by atoms with Crippen LogP contribution in [0.25, 0.3) is 0 Å². The SMILES string of the molecule is N.[SH][GeH2][SH]. The molecular formula is H7GeNS2. The van der Waals surface area contributed by atoms with E-state index in [0.29, 0.717) is 0 Å². The van der Waals surface area contributed by atoms with Gasteiger partial charge in [0.1, 0.15) is 0 Å². The molecule has 0 fully saturated rings. The Morgan fingerprint density at radius 3 is 1.25 bits per heavy atom. The molecule has 3 N–H and O–H groups in total. The molecule has 1 nitrogen and oxygen atoms in total. The summed E-state index contributed by atoms with van der Waals surface area (Å²) in [5.74, 6) is 0. The van der Waals surface area contributed by atoms with Gasteiger partial charge in [0.2, 0.25) is 0 Å². The van der Waals surface area contributed by atoms with E-state index in [4.69, 9.17) is 0 Å². The predicted molar refractivity (Wildman–Crippen MR) is 31.5 cm³/mol. The molecule has 0 heterocycles. The van der Waals surface area contributed by atoms with Crippen LogP contribution in [0, 0.1) is 0 Å². The van der Waals surface area contributed by atoms with Gasteiger partial charge in [0.25, 0.3) is 0 Å². The Labute approximate surface area is 41.5 Å². The van der Waals surface area contributed by atoms with E-state index in [2.05, 4.69) is 21.9 Å². The van der Waals surface area contributed by atoms with Gasteiger partial charge in [0, 0.05) is 0 Å². The molecule has 0 aliphatic carbocycles. The molecule has 0 bridgehead atoms. The van der Waals surface area contributed by atoms with Gasteiger partial charge in [-0.25, -0.2) is 0 Å². The van der Waals surface area contributed by atoms with Gasteiger partial charge in [0.15, 0.2) is 0 Å². The summed E-state index contributed by atoms with van der Waals surface area (Å²) >= 11 is -0.486. The van der Waals surface area contributed by atoms with E-state index in [1.54, 1.807) is 0 Å². The first-order valence-electron chi connectivity index (χ1n) is 0.632. The van der Waals surface area contributed by atoms with E-state index in [0.717, 1.165) is 0 Å². The van der Waals surface area contributed by atoms with Crippen molar-refractivity contribution in [2.45, 2.75) is 0 Å². The summed E-state index contributed by atoms with van der Waals surface area (Å²) in [4.78, 5) is 0. The summed E-state index contributed by atoms with van der Waals surface area (Å²) in [7, 11) is 7.68. The molecule has 0 atom stereocenters. The first-order chi connectivity index (χ1) is 1.41. The summed E-state index contributed by atoms with van der Waals surface area (Å²) in [5, 5.41) is 0. The Balaban J connectivity index is 0. The van der Waals surface area contributed by atoms with E-state index in [9.17, 15) is 0 Å².